The number of nitrogens with one attached hydrogen (secondary N) is 1. The zero-order valence-electron chi connectivity index (χ0n) is 19.5. The third-order valence-corrected chi connectivity index (χ3v) is 5.78. The van der Waals surface area contributed by atoms with E-state index >= 15 is 0 Å². The monoisotopic (exact) mass is 467 g/mol. The Hall–Kier alpha value is -4.43. The number of aliphatic hydroxyl groups excluding tert-OH is 1. The molecule has 176 valence electrons. The van der Waals surface area contributed by atoms with Crippen LogP contribution in [0, 0.1) is 13.8 Å². The Morgan fingerprint density at radius 1 is 1.06 bits per heavy atom. The molecule has 0 atom stereocenters. The lowest BCUT2D eigenvalue weighted by Gasteiger charge is -2.15. The van der Waals surface area contributed by atoms with Gasteiger partial charge in [0.25, 0.3) is 5.91 Å². The minimum Gasteiger partial charge on any atom is -0.491 e. The van der Waals surface area contributed by atoms with Crippen LogP contribution in [0.2, 0.25) is 0 Å². The lowest BCUT2D eigenvalue weighted by molar-refractivity contribution is 0.102. The van der Waals surface area contributed by atoms with Gasteiger partial charge in [-0.3, -0.25) is 14.3 Å². The third kappa shape index (κ3) is 4.51. The lowest BCUT2D eigenvalue weighted by atomic mass is 10.1. The molecule has 5 rings (SSSR count). The highest BCUT2D eigenvalue weighted by Gasteiger charge is 2.15. The number of nitrogens with zero attached hydrogens (tertiary/aromatic N) is 4. The number of imidazole rings is 1. The van der Waals surface area contributed by atoms with Crippen LogP contribution >= 0.6 is 0 Å². The van der Waals surface area contributed by atoms with Crippen LogP contribution < -0.4 is 10.1 Å². The summed E-state index contributed by atoms with van der Waals surface area (Å²) in [5.74, 6) is 0.297. The predicted octanol–water partition coefficient (Wildman–Crippen LogP) is 4.43. The van der Waals surface area contributed by atoms with Crippen LogP contribution in [0.3, 0.4) is 0 Å². The van der Waals surface area contributed by atoms with Crippen molar-refractivity contribution < 1.29 is 14.6 Å². The molecule has 0 spiro atoms. The van der Waals surface area contributed by atoms with Crippen LogP contribution in [0.15, 0.2) is 79.4 Å². The molecule has 5 aromatic rings. The summed E-state index contributed by atoms with van der Waals surface area (Å²) < 4.78 is 9.32. The quantitative estimate of drug-likeness (QED) is 0.369. The minimum absolute atomic E-state index is 0.0880. The fourth-order valence-corrected chi connectivity index (χ4v) is 4.06. The molecule has 0 fully saturated rings. The number of aliphatic hydroxyl groups is 1. The highest BCUT2D eigenvalue weighted by molar-refractivity contribution is 6.05. The van der Waals surface area contributed by atoms with Crippen molar-refractivity contribution in [2.24, 2.45) is 0 Å². The Labute approximate surface area is 202 Å². The molecule has 2 aromatic carbocycles. The summed E-state index contributed by atoms with van der Waals surface area (Å²) in [6.45, 7) is 4.10. The standard InChI is InChI=1S/C27H25N5O3/c1-18-13-19(2)25(15-23(18)29-27(34)20-5-3-7-22(14-20)35-12-11-33)31-9-10-32-26(31)16-24(30-32)21-6-4-8-28-17-21/h3-10,13-17,33H,11-12H2,1-2H3,(H,29,34). The molecule has 3 aromatic heterocycles. The third-order valence-electron chi connectivity index (χ3n) is 5.78. The molecule has 8 heteroatoms. The maximum atomic E-state index is 13.0. The zero-order valence-corrected chi connectivity index (χ0v) is 19.5. The first kappa shape index (κ1) is 22.4. The first-order chi connectivity index (χ1) is 17.0. The first-order valence-corrected chi connectivity index (χ1v) is 11.3. The van der Waals surface area contributed by atoms with E-state index in [2.05, 4.69) is 26.0 Å². The number of hydrogen-bond donors (Lipinski definition) is 2. The SMILES string of the molecule is Cc1cc(C)c(-n2ccn3nc(-c4cccnc4)cc23)cc1NC(=O)c1cccc(OCCO)c1. The van der Waals surface area contributed by atoms with Gasteiger partial charge in [-0.15, -0.1) is 0 Å². The Balaban J connectivity index is 1.47. The van der Waals surface area contributed by atoms with Crippen molar-refractivity contribution in [2.75, 3.05) is 18.5 Å². The van der Waals surface area contributed by atoms with Gasteiger partial charge in [-0.25, -0.2) is 4.52 Å². The van der Waals surface area contributed by atoms with Gasteiger partial charge in [0.05, 0.1) is 18.0 Å². The molecule has 0 aliphatic heterocycles. The maximum absolute atomic E-state index is 13.0. The van der Waals surface area contributed by atoms with Gasteiger partial charge in [0.2, 0.25) is 0 Å². The number of aromatic nitrogens is 4. The number of carbonyl (C=O) groups excluding carboxylic acids is 1. The molecule has 1 amide bonds. The predicted molar refractivity (Wildman–Crippen MR) is 134 cm³/mol. The second-order valence-corrected chi connectivity index (χ2v) is 8.25. The molecule has 0 unspecified atom stereocenters. The molecule has 0 aliphatic carbocycles. The number of amides is 1. The van der Waals surface area contributed by atoms with Crippen molar-refractivity contribution in [3.8, 4) is 22.7 Å². The molecule has 2 N–H and O–H groups in total. The Morgan fingerprint density at radius 2 is 1.94 bits per heavy atom. The van der Waals surface area contributed by atoms with Gasteiger partial charge in [-0.2, -0.15) is 5.10 Å². The molecule has 35 heavy (non-hydrogen) atoms. The highest BCUT2D eigenvalue weighted by Crippen LogP contribution is 2.28. The van der Waals surface area contributed by atoms with E-state index in [-0.39, 0.29) is 19.1 Å². The van der Waals surface area contributed by atoms with E-state index in [1.807, 2.05) is 55.0 Å². The highest BCUT2D eigenvalue weighted by atomic mass is 16.5. The van der Waals surface area contributed by atoms with Crippen molar-refractivity contribution >= 4 is 17.2 Å². The molecule has 0 aliphatic rings. The molecule has 0 bridgehead atoms. The summed E-state index contributed by atoms with van der Waals surface area (Å²) in [7, 11) is 0. The fourth-order valence-electron chi connectivity index (χ4n) is 4.06. The fraction of sp³-hybridized carbons (Fsp3) is 0.148. The molecule has 0 saturated heterocycles. The van der Waals surface area contributed by atoms with Crippen LogP contribution in [0.4, 0.5) is 5.69 Å². The summed E-state index contributed by atoms with van der Waals surface area (Å²) >= 11 is 0. The Kier molecular flexibility index (Phi) is 6.03. The summed E-state index contributed by atoms with van der Waals surface area (Å²) in [6, 6.07) is 16.8. The topological polar surface area (TPSA) is 93.7 Å². The number of aryl methyl sites for hydroxylation is 2. The van der Waals surface area contributed by atoms with E-state index < -0.39 is 0 Å². The number of ether oxygens (including phenoxy) is 1. The van der Waals surface area contributed by atoms with E-state index in [1.165, 1.54) is 0 Å². The van der Waals surface area contributed by atoms with Gasteiger partial charge in [0, 0.05) is 47.7 Å². The molecule has 0 saturated carbocycles. The second-order valence-electron chi connectivity index (χ2n) is 8.25. The van der Waals surface area contributed by atoms with Crippen LogP contribution in [0.1, 0.15) is 21.5 Å². The number of anilines is 1. The Bertz CT molecular complexity index is 1500. The van der Waals surface area contributed by atoms with Gasteiger partial charge >= 0.3 is 0 Å². The number of rotatable bonds is 7. The average molecular weight is 468 g/mol. The van der Waals surface area contributed by atoms with Gasteiger partial charge in [0.15, 0.2) is 0 Å². The van der Waals surface area contributed by atoms with Gasteiger partial charge in [-0.05, 0) is 61.4 Å². The van der Waals surface area contributed by atoms with Crippen molar-refractivity contribution in [3.63, 3.8) is 0 Å². The summed E-state index contributed by atoms with van der Waals surface area (Å²) in [6.07, 6.45) is 7.40. The summed E-state index contributed by atoms with van der Waals surface area (Å²) in [4.78, 5) is 17.2. The van der Waals surface area contributed by atoms with Crippen molar-refractivity contribution in [2.45, 2.75) is 13.8 Å². The Morgan fingerprint density at radius 3 is 2.74 bits per heavy atom. The lowest BCUT2D eigenvalue weighted by Crippen LogP contribution is -2.14. The van der Waals surface area contributed by atoms with E-state index in [0.717, 1.165) is 39.4 Å². The number of fused-ring (bicyclic) bond motifs is 1. The molecular weight excluding hydrogens is 442 g/mol. The van der Waals surface area contributed by atoms with Crippen molar-refractivity contribution in [3.05, 3.63) is 96.1 Å². The van der Waals surface area contributed by atoms with Gasteiger partial charge < -0.3 is 15.2 Å². The number of benzene rings is 2. The van der Waals surface area contributed by atoms with Crippen molar-refractivity contribution in [1.82, 2.24) is 19.2 Å². The maximum Gasteiger partial charge on any atom is 0.255 e. The van der Waals surface area contributed by atoms with Crippen LogP contribution in [-0.2, 0) is 0 Å². The summed E-state index contributed by atoms with van der Waals surface area (Å²) in [5, 5.41) is 16.7. The summed E-state index contributed by atoms with van der Waals surface area (Å²) in [5.41, 5.74) is 6.85. The van der Waals surface area contributed by atoms with E-state index in [4.69, 9.17) is 9.84 Å². The molecule has 8 nitrogen and oxygen atoms in total. The molecule has 3 heterocycles. The second kappa shape index (κ2) is 9.44. The zero-order chi connectivity index (χ0) is 24.4. The molecular formula is C27H25N5O3. The number of hydrogen-bond acceptors (Lipinski definition) is 5. The van der Waals surface area contributed by atoms with Crippen LogP contribution in [0.25, 0.3) is 22.6 Å². The van der Waals surface area contributed by atoms with E-state index in [9.17, 15) is 4.79 Å². The normalized spacial score (nSPS) is 11.1. The van der Waals surface area contributed by atoms with Gasteiger partial charge in [-0.1, -0.05) is 12.1 Å². The smallest absolute Gasteiger partial charge is 0.255 e. The largest absolute Gasteiger partial charge is 0.491 e. The van der Waals surface area contributed by atoms with Crippen molar-refractivity contribution in [1.29, 1.82) is 0 Å². The number of carbonyl (C=O) groups is 1. The average Bonchev–Trinajstić information content (AvgIpc) is 3.46. The van der Waals surface area contributed by atoms with Gasteiger partial charge in [0.1, 0.15) is 18.0 Å². The molecule has 0 radical (unpaired) electrons. The van der Waals surface area contributed by atoms with Crippen LogP contribution in [0.5, 0.6) is 5.75 Å². The van der Waals surface area contributed by atoms with E-state index in [0.29, 0.717) is 11.3 Å². The van der Waals surface area contributed by atoms with E-state index in [1.54, 1.807) is 36.7 Å². The number of pyridine rings is 1. The minimum atomic E-state index is -0.238. The first-order valence-electron chi connectivity index (χ1n) is 11.3. The van der Waals surface area contributed by atoms with Crippen LogP contribution in [-0.4, -0.2) is 43.4 Å².